The summed E-state index contributed by atoms with van der Waals surface area (Å²) in [7, 11) is 0. The Bertz CT molecular complexity index is 573. The van der Waals surface area contributed by atoms with Gasteiger partial charge in [-0.25, -0.2) is 9.29 Å². The molecule has 1 aromatic carbocycles. The molecule has 1 aromatic rings. The minimum atomic E-state index is -0.466. The molecule has 5 heteroatoms. The second kappa shape index (κ2) is 4.56. The molecule has 1 fully saturated rings. The van der Waals surface area contributed by atoms with Crippen molar-refractivity contribution in [1.82, 2.24) is 0 Å². The third-order valence-corrected chi connectivity index (χ3v) is 4.33. The van der Waals surface area contributed by atoms with Crippen LogP contribution in [-0.2, 0) is 9.59 Å². The Hall–Kier alpha value is -1.49. The van der Waals surface area contributed by atoms with E-state index in [0.29, 0.717) is 23.0 Å². The first-order valence-corrected chi connectivity index (χ1v) is 6.87. The Morgan fingerprint density at radius 2 is 1.68 bits per heavy atom. The van der Waals surface area contributed by atoms with Crippen molar-refractivity contribution in [3.8, 4) is 0 Å². The molecule has 2 aliphatic rings. The van der Waals surface area contributed by atoms with Crippen LogP contribution in [0.5, 0.6) is 0 Å². The second-order valence-electron chi connectivity index (χ2n) is 4.76. The zero-order valence-corrected chi connectivity index (χ0v) is 11.6. The van der Waals surface area contributed by atoms with Crippen molar-refractivity contribution in [3.63, 3.8) is 0 Å². The molecule has 3 nitrogen and oxygen atoms in total. The van der Waals surface area contributed by atoms with E-state index in [1.54, 1.807) is 0 Å². The van der Waals surface area contributed by atoms with E-state index in [1.807, 2.05) is 12.2 Å². The fraction of sp³-hybridized carbons (Fsp3) is 0.286. The molecule has 1 aliphatic heterocycles. The lowest BCUT2D eigenvalue weighted by Gasteiger charge is -2.16. The Morgan fingerprint density at radius 3 is 2.26 bits per heavy atom. The first kappa shape index (κ1) is 12.5. The van der Waals surface area contributed by atoms with Crippen LogP contribution in [0.25, 0.3) is 0 Å². The summed E-state index contributed by atoms with van der Waals surface area (Å²) in [6.07, 6.45) is 5.02. The van der Waals surface area contributed by atoms with Crippen LogP contribution in [0.1, 0.15) is 12.8 Å². The van der Waals surface area contributed by atoms with Gasteiger partial charge in [0.1, 0.15) is 5.82 Å². The number of allylic oxidation sites excluding steroid dienone is 2. The van der Waals surface area contributed by atoms with E-state index < -0.39 is 5.82 Å². The molecule has 0 aromatic heterocycles. The van der Waals surface area contributed by atoms with Gasteiger partial charge in [-0.3, -0.25) is 9.59 Å². The zero-order valence-electron chi connectivity index (χ0n) is 9.98. The van der Waals surface area contributed by atoms with Crippen LogP contribution >= 0.6 is 15.9 Å². The third-order valence-electron chi connectivity index (χ3n) is 3.66. The quantitative estimate of drug-likeness (QED) is 0.588. The minimum Gasteiger partial charge on any atom is -0.274 e. The summed E-state index contributed by atoms with van der Waals surface area (Å²) >= 11 is 3.27. The van der Waals surface area contributed by atoms with Gasteiger partial charge >= 0.3 is 0 Å². The van der Waals surface area contributed by atoms with Crippen LogP contribution in [0, 0.1) is 17.7 Å². The van der Waals surface area contributed by atoms with Gasteiger partial charge in [0.2, 0.25) is 11.8 Å². The average Bonchev–Trinajstić information content (AvgIpc) is 2.66. The van der Waals surface area contributed by atoms with Crippen molar-refractivity contribution >= 4 is 33.4 Å². The predicted molar refractivity (Wildman–Crippen MR) is 71.9 cm³/mol. The summed E-state index contributed by atoms with van der Waals surface area (Å²) in [6, 6.07) is 4.00. The van der Waals surface area contributed by atoms with Gasteiger partial charge in [0.15, 0.2) is 0 Å². The van der Waals surface area contributed by atoms with E-state index in [-0.39, 0.29) is 23.7 Å². The molecule has 1 aliphatic carbocycles. The van der Waals surface area contributed by atoms with Crippen LogP contribution in [0.2, 0.25) is 0 Å². The Balaban J connectivity index is 2.04. The van der Waals surface area contributed by atoms with Crippen molar-refractivity contribution in [1.29, 1.82) is 0 Å². The number of hydrogen-bond donors (Lipinski definition) is 0. The van der Waals surface area contributed by atoms with Gasteiger partial charge in [-0.15, -0.1) is 0 Å². The number of fused-ring (bicyclic) bond motifs is 1. The van der Waals surface area contributed by atoms with Crippen molar-refractivity contribution in [2.24, 2.45) is 11.8 Å². The smallest absolute Gasteiger partial charge is 0.238 e. The number of amides is 2. The molecule has 0 radical (unpaired) electrons. The number of hydrogen-bond acceptors (Lipinski definition) is 2. The normalized spacial score (nSPS) is 25.9. The Morgan fingerprint density at radius 1 is 1.11 bits per heavy atom. The molecule has 19 heavy (non-hydrogen) atoms. The topological polar surface area (TPSA) is 37.4 Å². The van der Waals surface area contributed by atoms with Crippen molar-refractivity contribution in [3.05, 3.63) is 40.6 Å². The number of anilines is 1. The zero-order chi connectivity index (χ0) is 13.6. The Kier molecular flexibility index (Phi) is 3.01. The highest BCUT2D eigenvalue weighted by atomic mass is 79.9. The lowest BCUT2D eigenvalue weighted by Crippen LogP contribution is -2.31. The number of carbonyl (C=O) groups is 2. The van der Waals surface area contributed by atoms with E-state index in [9.17, 15) is 14.0 Å². The molecular formula is C14H11BrFNO2. The summed E-state index contributed by atoms with van der Waals surface area (Å²) in [5.74, 6) is -1.52. The standard InChI is InChI=1S/C14H11BrFNO2/c15-11-6-5-8(16)7-12(11)17-13(18)9-3-1-2-4-10(9)14(17)19/h1-2,5-7,9-10H,3-4H2. The average molecular weight is 324 g/mol. The monoisotopic (exact) mass is 323 g/mol. The first-order valence-electron chi connectivity index (χ1n) is 6.07. The fourth-order valence-corrected chi connectivity index (χ4v) is 3.12. The molecule has 0 bridgehead atoms. The van der Waals surface area contributed by atoms with Crippen LogP contribution < -0.4 is 4.90 Å². The summed E-state index contributed by atoms with van der Waals surface area (Å²) < 4.78 is 13.9. The maximum atomic E-state index is 13.3. The molecule has 1 heterocycles. The lowest BCUT2D eigenvalue weighted by atomic mass is 9.85. The molecule has 0 saturated carbocycles. The molecule has 98 valence electrons. The number of halogens is 2. The van der Waals surface area contributed by atoms with Gasteiger partial charge in [0, 0.05) is 4.47 Å². The highest BCUT2D eigenvalue weighted by Crippen LogP contribution is 2.40. The van der Waals surface area contributed by atoms with Crippen LogP contribution in [0.15, 0.2) is 34.8 Å². The summed E-state index contributed by atoms with van der Waals surface area (Å²) in [5, 5.41) is 0. The van der Waals surface area contributed by atoms with E-state index in [2.05, 4.69) is 15.9 Å². The van der Waals surface area contributed by atoms with E-state index in [0.717, 1.165) is 4.90 Å². The van der Waals surface area contributed by atoms with Gasteiger partial charge in [-0.1, -0.05) is 12.2 Å². The summed E-state index contributed by atoms with van der Waals surface area (Å²) in [6.45, 7) is 0. The summed E-state index contributed by atoms with van der Waals surface area (Å²) in [5.41, 5.74) is 0.296. The SMILES string of the molecule is O=C1C2CC=CCC2C(=O)N1c1cc(F)ccc1Br. The number of imide groups is 1. The van der Waals surface area contributed by atoms with Crippen LogP contribution in [0.4, 0.5) is 10.1 Å². The molecule has 2 unspecified atom stereocenters. The van der Waals surface area contributed by atoms with E-state index >= 15 is 0 Å². The van der Waals surface area contributed by atoms with E-state index in [1.165, 1.54) is 18.2 Å². The first-order chi connectivity index (χ1) is 9.09. The molecule has 2 amide bonds. The number of nitrogens with zero attached hydrogens (tertiary/aromatic N) is 1. The molecule has 1 saturated heterocycles. The van der Waals surface area contributed by atoms with E-state index in [4.69, 9.17) is 0 Å². The summed E-state index contributed by atoms with van der Waals surface area (Å²) in [4.78, 5) is 25.8. The highest BCUT2D eigenvalue weighted by Gasteiger charge is 2.48. The maximum absolute atomic E-state index is 13.3. The molecule has 0 spiro atoms. The van der Waals surface area contributed by atoms with Crippen molar-refractivity contribution in [2.75, 3.05) is 4.90 Å². The van der Waals surface area contributed by atoms with Gasteiger partial charge in [0.05, 0.1) is 17.5 Å². The molecule has 2 atom stereocenters. The third kappa shape index (κ3) is 1.92. The lowest BCUT2D eigenvalue weighted by molar-refractivity contribution is -0.122. The molecular weight excluding hydrogens is 313 g/mol. The highest BCUT2D eigenvalue weighted by molar-refractivity contribution is 9.10. The molecule has 3 rings (SSSR count). The van der Waals surface area contributed by atoms with Crippen LogP contribution in [-0.4, -0.2) is 11.8 Å². The van der Waals surface area contributed by atoms with Gasteiger partial charge < -0.3 is 0 Å². The maximum Gasteiger partial charge on any atom is 0.238 e. The van der Waals surface area contributed by atoms with Crippen LogP contribution in [0.3, 0.4) is 0 Å². The second-order valence-corrected chi connectivity index (χ2v) is 5.62. The Labute approximate surface area is 118 Å². The largest absolute Gasteiger partial charge is 0.274 e. The number of carbonyl (C=O) groups excluding carboxylic acids is 2. The number of rotatable bonds is 1. The predicted octanol–water partition coefficient (Wildman–Crippen LogP) is 3.04. The number of benzene rings is 1. The van der Waals surface area contributed by atoms with Gasteiger partial charge in [-0.05, 0) is 47.0 Å². The van der Waals surface area contributed by atoms with Crippen molar-refractivity contribution < 1.29 is 14.0 Å². The fourth-order valence-electron chi connectivity index (χ4n) is 2.69. The van der Waals surface area contributed by atoms with Crippen molar-refractivity contribution in [2.45, 2.75) is 12.8 Å². The molecule has 0 N–H and O–H groups in total. The van der Waals surface area contributed by atoms with Gasteiger partial charge in [-0.2, -0.15) is 0 Å². The minimum absolute atomic E-state index is 0.231. The van der Waals surface area contributed by atoms with Gasteiger partial charge in [0.25, 0.3) is 0 Å².